The lowest BCUT2D eigenvalue weighted by molar-refractivity contribution is 0.0712. The summed E-state index contributed by atoms with van der Waals surface area (Å²) in [6.45, 7) is 0.444. The lowest BCUT2D eigenvalue weighted by Gasteiger charge is -2.20. The van der Waals surface area contributed by atoms with Crippen LogP contribution < -0.4 is 0 Å². The first-order valence-corrected chi connectivity index (χ1v) is 7.19. The number of hydrogen-bond donors (Lipinski definition) is 2. The van der Waals surface area contributed by atoms with Crippen LogP contribution >= 0.6 is 11.3 Å². The Bertz CT molecular complexity index is 496. The molecule has 1 aromatic heterocycles. The fourth-order valence-corrected chi connectivity index (χ4v) is 2.65. The van der Waals surface area contributed by atoms with Crippen LogP contribution in [-0.2, 0) is 0 Å². The summed E-state index contributed by atoms with van der Waals surface area (Å²) < 4.78 is 0. The fraction of sp³-hybridized carbons (Fsp3) is 0.500. The molecule has 0 radical (unpaired) electrons. The second-order valence-electron chi connectivity index (χ2n) is 4.39. The van der Waals surface area contributed by atoms with E-state index in [4.69, 9.17) is 10.2 Å². The van der Waals surface area contributed by atoms with Gasteiger partial charge >= 0.3 is 0 Å². The summed E-state index contributed by atoms with van der Waals surface area (Å²) in [4.78, 5) is 15.5. The summed E-state index contributed by atoms with van der Waals surface area (Å²) in [5, 5.41) is 17.7. The predicted octanol–water partition coefficient (Wildman–Crippen LogP) is 1.08. The molecule has 5 heteroatoms. The molecule has 19 heavy (non-hydrogen) atoms. The molecule has 0 bridgehead atoms. The van der Waals surface area contributed by atoms with Crippen LogP contribution in [0.15, 0.2) is 12.1 Å². The highest BCUT2D eigenvalue weighted by Crippen LogP contribution is 2.29. The molecule has 0 saturated heterocycles. The van der Waals surface area contributed by atoms with Crippen LogP contribution in [0.1, 0.15) is 33.8 Å². The van der Waals surface area contributed by atoms with Gasteiger partial charge in [0.1, 0.15) is 0 Å². The minimum Gasteiger partial charge on any atom is -0.395 e. The van der Waals surface area contributed by atoms with Gasteiger partial charge in [-0.3, -0.25) is 4.79 Å². The summed E-state index contributed by atoms with van der Waals surface area (Å²) in [6, 6.07) is 3.90. The van der Waals surface area contributed by atoms with Gasteiger partial charge in [0.15, 0.2) is 0 Å². The summed E-state index contributed by atoms with van der Waals surface area (Å²) in [6.07, 6.45) is 2.50. The standard InChI is InChI=1S/C14H17NO3S/c16-9-2-1-3-12-6-7-13(19-12)14(18)15(8-10-17)11-4-5-11/h6-7,11,16-17H,2,4-5,8-10H2. The number of aliphatic hydroxyl groups is 2. The van der Waals surface area contributed by atoms with Crippen LogP contribution in [-0.4, -0.2) is 46.8 Å². The maximum absolute atomic E-state index is 12.3. The molecule has 1 aromatic rings. The molecule has 1 fully saturated rings. The zero-order chi connectivity index (χ0) is 13.7. The second kappa shape index (κ2) is 6.71. The van der Waals surface area contributed by atoms with E-state index in [1.165, 1.54) is 11.3 Å². The van der Waals surface area contributed by atoms with Crippen LogP contribution in [0.5, 0.6) is 0 Å². The van der Waals surface area contributed by atoms with E-state index in [9.17, 15) is 4.79 Å². The molecule has 4 nitrogen and oxygen atoms in total. The van der Waals surface area contributed by atoms with Gasteiger partial charge in [-0.1, -0.05) is 11.8 Å². The number of nitrogens with zero attached hydrogens (tertiary/aromatic N) is 1. The van der Waals surface area contributed by atoms with E-state index in [1.54, 1.807) is 11.0 Å². The van der Waals surface area contributed by atoms with Gasteiger partial charge in [0.05, 0.1) is 23.0 Å². The molecule has 1 heterocycles. The Kier molecular flexibility index (Phi) is 4.97. The predicted molar refractivity (Wildman–Crippen MR) is 74.0 cm³/mol. The number of hydrogen-bond acceptors (Lipinski definition) is 4. The molecule has 0 aromatic carbocycles. The Morgan fingerprint density at radius 2 is 2.16 bits per heavy atom. The van der Waals surface area contributed by atoms with E-state index < -0.39 is 0 Å². The van der Waals surface area contributed by atoms with Crippen LogP contribution in [0.3, 0.4) is 0 Å². The molecule has 1 saturated carbocycles. The Balaban J connectivity index is 2.04. The van der Waals surface area contributed by atoms with E-state index >= 15 is 0 Å². The van der Waals surface area contributed by atoms with Crippen LogP contribution in [0.25, 0.3) is 0 Å². The van der Waals surface area contributed by atoms with Gasteiger partial charge in [-0.2, -0.15) is 0 Å². The van der Waals surface area contributed by atoms with Crippen molar-refractivity contribution >= 4 is 17.2 Å². The molecule has 102 valence electrons. The number of thiophene rings is 1. The fourth-order valence-electron chi connectivity index (χ4n) is 1.81. The molecule has 0 spiro atoms. The molecule has 1 amide bonds. The molecule has 0 atom stereocenters. The van der Waals surface area contributed by atoms with Crippen molar-refractivity contribution in [2.75, 3.05) is 19.8 Å². The third-order valence-corrected chi connectivity index (χ3v) is 3.84. The largest absolute Gasteiger partial charge is 0.395 e. The zero-order valence-electron chi connectivity index (χ0n) is 10.6. The zero-order valence-corrected chi connectivity index (χ0v) is 11.4. The average molecular weight is 279 g/mol. The Morgan fingerprint density at radius 1 is 1.37 bits per heavy atom. The van der Waals surface area contributed by atoms with Crippen LogP contribution in [0.4, 0.5) is 0 Å². The van der Waals surface area contributed by atoms with Crippen molar-refractivity contribution in [3.63, 3.8) is 0 Å². The molecule has 2 rings (SSSR count). The normalized spacial score (nSPS) is 13.8. The molecule has 1 aliphatic carbocycles. The van der Waals surface area contributed by atoms with Crippen molar-refractivity contribution in [1.29, 1.82) is 0 Å². The second-order valence-corrected chi connectivity index (χ2v) is 5.48. The summed E-state index contributed by atoms with van der Waals surface area (Å²) in [5.74, 6) is 5.75. The van der Waals surface area contributed by atoms with Gasteiger partial charge in [0.2, 0.25) is 0 Å². The highest BCUT2D eigenvalue weighted by atomic mass is 32.1. The summed E-state index contributed by atoms with van der Waals surface area (Å²) >= 11 is 1.36. The molecule has 0 aliphatic heterocycles. The van der Waals surface area contributed by atoms with Gasteiger partial charge in [0.25, 0.3) is 5.91 Å². The topological polar surface area (TPSA) is 60.8 Å². The monoisotopic (exact) mass is 279 g/mol. The Hall–Kier alpha value is -1.35. The molecular weight excluding hydrogens is 262 g/mol. The summed E-state index contributed by atoms with van der Waals surface area (Å²) in [7, 11) is 0. The van der Waals surface area contributed by atoms with Gasteiger partial charge in [-0.05, 0) is 25.0 Å². The highest BCUT2D eigenvalue weighted by molar-refractivity contribution is 7.14. The first-order chi connectivity index (χ1) is 9.26. The number of aliphatic hydroxyl groups excluding tert-OH is 2. The maximum atomic E-state index is 12.3. The number of amides is 1. The Morgan fingerprint density at radius 3 is 2.79 bits per heavy atom. The van der Waals surface area contributed by atoms with Crippen molar-refractivity contribution in [1.82, 2.24) is 4.90 Å². The third-order valence-electron chi connectivity index (χ3n) is 2.85. The average Bonchev–Trinajstić information content (AvgIpc) is 3.14. The molecular formula is C14H17NO3S. The van der Waals surface area contributed by atoms with E-state index in [0.29, 0.717) is 23.9 Å². The molecule has 1 aliphatic rings. The van der Waals surface area contributed by atoms with E-state index in [-0.39, 0.29) is 19.1 Å². The van der Waals surface area contributed by atoms with Crippen molar-refractivity contribution in [3.05, 3.63) is 21.9 Å². The van der Waals surface area contributed by atoms with E-state index in [0.717, 1.165) is 17.7 Å². The minimum absolute atomic E-state index is 0.00320. The molecule has 0 unspecified atom stereocenters. The van der Waals surface area contributed by atoms with Gasteiger partial charge < -0.3 is 15.1 Å². The van der Waals surface area contributed by atoms with Gasteiger partial charge in [-0.15, -0.1) is 11.3 Å². The first-order valence-electron chi connectivity index (χ1n) is 6.37. The highest BCUT2D eigenvalue weighted by Gasteiger charge is 2.33. The Labute approximate surface area is 116 Å². The number of carbonyl (C=O) groups is 1. The minimum atomic E-state index is -0.0169. The van der Waals surface area contributed by atoms with Gasteiger partial charge in [0, 0.05) is 19.0 Å². The van der Waals surface area contributed by atoms with Crippen LogP contribution in [0, 0.1) is 11.8 Å². The van der Waals surface area contributed by atoms with Crippen LogP contribution in [0.2, 0.25) is 0 Å². The first kappa shape index (κ1) is 14.1. The molecule has 2 N–H and O–H groups in total. The summed E-state index contributed by atoms with van der Waals surface area (Å²) in [5.41, 5.74) is 0. The smallest absolute Gasteiger partial charge is 0.264 e. The maximum Gasteiger partial charge on any atom is 0.264 e. The van der Waals surface area contributed by atoms with Gasteiger partial charge in [-0.25, -0.2) is 0 Å². The van der Waals surface area contributed by atoms with Crippen molar-refractivity contribution in [2.24, 2.45) is 0 Å². The van der Waals surface area contributed by atoms with Crippen molar-refractivity contribution in [3.8, 4) is 11.8 Å². The quantitative estimate of drug-likeness (QED) is 0.793. The van der Waals surface area contributed by atoms with E-state index in [1.807, 2.05) is 6.07 Å². The number of rotatable bonds is 5. The SMILES string of the molecule is O=C(c1ccc(C#CCCO)s1)N(CCO)C1CC1. The van der Waals surface area contributed by atoms with Crippen molar-refractivity contribution in [2.45, 2.75) is 25.3 Å². The lowest BCUT2D eigenvalue weighted by Crippen LogP contribution is -2.34. The lowest BCUT2D eigenvalue weighted by atomic mass is 10.3. The van der Waals surface area contributed by atoms with E-state index in [2.05, 4.69) is 11.8 Å². The third kappa shape index (κ3) is 3.80. The van der Waals surface area contributed by atoms with Crippen molar-refractivity contribution < 1.29 is 15.0 Å². The number of carbonyl (C=O) groups excluding carboxylic acids is 1.